The van der Waals surface area contributed by atoms with Gasteiger partial charge in [0.1, 0.15) is 23.9 Å². The normalized spacial score (nSPS) is 14.9. The lowest BCUT2D eigenvalue weighted by molar-refractivity contribution is -0.141. The highest BCUT2D eigenvalue weighted by Gasteiger charge is 2.35. The van der Waals surface area contributed by atoms with Crippen LogP contribution in [0.2, 0.25) is 0 Å². The molecule has 0 amide bonds. The third-order valence-corrected chi connectivity index (χ3v) is 7.71. The summed E-state index contributed by atoms with van der Waals surface area (Å²) in [6.45, 7) is 3.98. The van der Waals surface area contributed by atoms with Crippen LogP contribution >= 0.6 is 0 Å². The van der Waals surface area contributed by atoms with Gasteiger partial charge in [-0.1, -0.05) is 38.1 Å². The zero-order valence-corrected chi connectivity index (χ0v) is 23.9. The highest BCUT2D eigenvalue weighted by Crippen LogP contribution is 2.45. The van der Waals surface area contributed by atoms with E-state index in [1.54, 1.807) is 26.4 Å². The van der Waals surface area contributed by atoms with Gasteiger partial charge < -0.3 is 24.1 Å². The van der Waals surface area contributed by atoms with Crippen molar-refractivity contribution in [1.29, 1.82) is 0 Å². The molecule has 0 bridgehead atoms. The molecule has 7 heteroatoms. The van der Waals surface area contributed by atoms with Crippen LogP contribution in [0.25, 0.3) is 11.1 Å². The summed E-state index contributed by atoms with van der Waals surface area (Å²) in [5, 5.41) is 10.1. The van der Waals surface area contributed by atoms with Gasteiger partial charge in [-0.15, -0.1) is 0 Å². The van der Waals surface area contributed by atoms with Crippen molar-refractivity contribution < 1.29 is 33.2 Å². The van der Waals surface area contributed by atoms with Crippen molar-refractivity contribution in [3.63, 3.8) is 0 Å². The van der Waals surface area contributed by atoms with Crippen molar-refractivity contribution in [2.75, 3.05) is 27.9 Å². The van der Waals surface area contributed by atoms with Crippen LogP contribution in [0.3, 0.4) is 0 Å². The Morgan fingerprint density at radius 2 is 1.77 bits per heavy atom. The molecule has 0 radical (unpaired) electrons. The number of carbonyl (C=O) groups excluding carboxylic acids is 1. The number of rotatable bonds is 13. The van der Waals surface area contributed by atoms with E-state index >= 15 is 4.39 Å². The maximum Gasteiger partial charge on any atom is 0.306 e. The van der Waals surface area contributed by atoms with E-state index in [0.29, 0.717) is 35.0 Å². The van der Waals surface area contributed by atoms with Crippen molar-refractivity contribution in [2.45, 2.75) is 51.7 Å². The zero-order chi connectivity index (χ0) is 28.9. The van der Waals surface area contributed by atoms with Crippen LogP contribution in [-0.2, 0) is 20.9 Å². The summed E-state index contributed by atoms with van der Waals surface area (Å²) in [4.78, 5) is 12.0. The van der Waals surface area contributed by atoms with Crippen molar-refractivity contribution in [2.24, 2.45) is 11.3 Å². The Labute approximate surface area is 236 Å². The van der Waals surface area contributed by atoms with Crippen LogP contribution in [0, 0.1) is 17.2 Å². The second kappa shape index (κ2) is 12.8. The Morgan fingerprint density at radius 3 is 2.42 bits per heavy atom. The number of esters is 1. The minimum Gasteiger partial charge on any atom is -0.497 e. The standard InChI is InChI=1S/C33H39FO6/c1-33(2,20-35)32(39-5)29-15-21(9-13-26(29)28-17-24(37-3)12-14-30(28)34)19-40-25-8-6-7-23(16-25)27(22-10-11-22)18-31(36)38-4/h6-9,12-17,22,27,32,35H,10-11,18-20H2,1-5H3. The summed E-state index contributed by atoms with van der Waals surface area (Å²) in [6, 6.07) is 18.2. The van der Waals surface area contributed by atoms with Gasteiger partial charge in [0.15, 0.2) is 0 Å². The van der Waals surface area contributed by atoms with Gasteiger partial charge in [0, 0.05) is 18.1 Å². The first-order valence-corrected chi connectivity index (χ1v) is 13.6. The number of ether oxygens (including phenoxy) is 4. The third kappa shape index (κ3) is 6.83. The first-order valence-electron chi connectivity index (χ1n) is 13.6. The average Bonchev–Trinajstić information content (AvgIpc) is 3.81. The Hall–Kier alpha value is -3.42. The monoisotopic (exact) mass is 550 g/mol. The lowest BCUT2D eigenvalue weighted by atomic mass is 9.80. The van der Waals surface area contributed by atoms with Gasteiger partial charge in [-0.05, 0) is 83.3 Å². The largest absolute Gasteiger partial charge is 0.497 e. The highest BCUT2D eigenvalue weighted by atomic mass is 19.1. The van der Waals surface area contributed by atoms with Crippen LogP contribution in [-0.4, -0.2) is 39.0 Å². The first kappa shape index (κ1) is 29.6. The Bertz CT molecular complexity index is 1320. The van der Waals surface area contributed by atoms with Gasteiger partial charge in [-0.3, -0.25) is 4.79 Å². The molecule has 1 N–H and O–H groups in total. The summed E-state index contributed by atoms with van der Waals surface area (Å²) < 4.78 is 37.4. The van der Waals surface area contributed by atoms with Crippen LogP contribution in [0.1, 0.15) is 61.8 Å². The maximum absolute atomic E-state index is 15.1. The fourth-order valence-corrected chi connectivity index (χ4v) is 5.27. The van der Waals surface area contributed by atoms with Gasteiger partial charge in [0.05, 0.1) is 33.4 Å². The molecular formula is C33H39FO6. The van der Waals surface area contributed by atoms with E-state index in [-0.39, 0.29) is 30.9 Å². The Balaban J connectivity index is 1.64. The Morgan fingerprint density at radius 1 is 1.00 bits per heavy atom. The second-order valence-electron chi connectivity index (χ2n) is 11.1. The van der Waals surface area contributed by atoms with Gasteiger partial charge in [-0.2, -0.15) is 0 Å². The number of hydrogen-bond donors (Lipinski definition) is 1. The van der Waals surface area contributed by atoms with E-state index in [9.17, 15) is 9.90 Å². The van der Waals surface area contributed by atoms with Crippen molar-refractivity contribution in [1.82, 2.24) is 0 Å². The van der Waals surface area contributed by atoms with Crippen molar-refractivity contribution >= 4 is 5.97 Å². The molecule has 3 aromatic rings. The summed E-state index contributed by atoms with van der Waals surface area (Å²) >= 11 is 0. The molecule has 6 nitrogen and oxygen atoms in total. The predicted octanol–water partition coefficient (Wildman–Crippen LogP) is 6.84. The van der Waals surface area contributed by atoms with E-state index < -0.39 is 11.5 Å². The molecular weight excluding hydrogens is 511 g/mol. The van der Waals surface area contributed by atoms with E-state index in [0.717, 1.165) is 29.5 Å². The molecule has 2 unspecified atom stereocenters. The molecule has 0 saturated heterocycles. The minimum atomic E-state index is -0.635. The lowest BCUT2D eigenvalue weighted by Gasteiger charge is -2.33. The zero-order valence-electron chi connectivity index (χ0n) is 23.9. The number of carbonyl (C=O) groups is 1. The van der Waals surface area contributed by atoms with Crippen LogP contribution in [0.15, 0.2) is 60.7 Å². The smallest absolute Gasteiger partial charge is 0.306 e. The van der Waals surface area contributed by atoms with Crippen LogP contribution < -0.4 is 9.47 Å². The molecule has 40 heavy (non-hydrogen) atoms. The van der Waals surface area contributed by atoms with Crippen molar-refractivity contribution in [3.05, 3.63) is 83.2 Å². The van der Waals surface area contributed by atoms with E-state index in [2.05, 4.69) is 0 Å². The predicted molar refractivity (Wildman–Crippen MR) is 152 cm³/mol. The Kier molecular flexibility index (Phi) is 9.48. The second-order valence-corrected chi connectivity index (χ2v) is 11.1. The molecule has 3 aromatic carbocycles. The fourth-order valence-electron chi connectivity index (χ4n) is 5.27. The SMILES string of the molecule is COC(=O)CC(c1cccc(OCc2ccc(-c3cc(OC)ccc3F)c(C(OC)C(C)(C)CO)c2)c1)C1CC1. The van der Waals surface area contributed by atoms with Crippen LogP contribution in [0.5, 0.6) is 11.5 Å². The molecule has 0 aliphatic heterocycles. The minimum absolute atomic E-state index is 0.114. The molecule has 1 aliphatic rings. The van der Waals surface area contributed by atoms with E-state index in [4.69, 9.17) is 18.9 Å². The quantitative estimate of drug-likeness (QED) is 0.235. The maximum atomic E-state index is 15.1. The van der Waals surface area contributed by atoms with Crippen molar-refractivity contribution in [3.8, 4) is 22.6 Å². The molecule has 0 heterocycles. The number of hydrogen-bond acceptors (Lipinski definition) is 6. The number of benzene rings is 3. The number of methoxy groups -OCH3 is 3. The van der Waals surface area contributed by atoms with Gasteiger partial charge >= 0.3 is 5.97 Å². The fraction of sp³-hybridized carbons (Fsp3) is 0.424. The number of aliphatic hydroxyl groups is 1. The molecule has 1 saturated carbocycles. The molecule has 1 fully saturated rings. The highest BCUT2D eigenvalue weighted by molar-refractivity contribution is 5.71. The molecule has 1 aliphatic carbocycles. The van der Waals surface area contributed by atoms with Gasteiger partial charge in [0.25, 0.3) is 0 Å². The van der Waals surface area contributed by atoms with E-state index in [1.807, 2.05) is 56.3 Å². The summed E-state index contributed by atoms with van der Waals surface area (Å²) in [6.07, 6.45) is 2.07. The van der Waals surface area contributed by atoms with Crippen LogP contribution in [0.4, 0.5) is 4.39 Å². The summed E-state index contributed by atoms with van der Waals surface area (Å²) in [7, 11) is 4.55. The topological polar surface area (TPSA) is 74.2 Å². The number of halogens is 1. The van der Waals surface area contributed by atoms with E-state index in [1.165, 1.54) is 13.2 Å². The molecule has 0 spiro atoms. The van der Waals surface area contributed by atoms with Gasteiger partial charge in [0.2, 0.25) is 0 Å². The average molecular weight is 551 g/mol. The molecule has 2 atom stereocenters. The molecule has 4 rings (SSSR count). The third-order valence-electron chi connectivity index (χ3n) is 7.71. The first-order chi connectivity index (χ1) is 19.2. The summed E-state index contributed by atoms with van der Waals surface area (Å²) in [5.74, 6) is 1.27. The molecule has 214 valence electrons. The van der Waals surface area contributed by atoms with Gasteiger partial charge in [-0.25, -0.2) is 4.39 Å². The number of aliphatic hydroxyl groups excluding tert-OH is 1. The summed E-state index contributed by atoms with van der Waals surface area (Å²) in [5.41, 5.74) is 3.10. The lowest BCUT2D eigenvalue weighted by Crippen LogP contribution is -2.28. The molecule has 0 aromatic heterocycles.